The topological polar surface area (TPSA) is 72.2 Å². The van der Waals surface area contributed by atoms with Gasteiger partial charge in [0.15, 0.2) is 5.82 Å². The quantitative estimate of drug-likeness (QED) is 0.629. The van der Waals surface area contributed by atoms with Gasteiger partial charge in [0, 0.05) is 6.04 Å². The number of sulfonamides is 1. The number of nitrogens with one attached hydrogen (secondary N) is 1. The van der Waals surface area contributed by atoms with Crippen molar-refractivity contribution in [1.82, 2.24) is 4.72 Å². The number of nitrogen functional groups attached to an aromatic ring is 1. The molecule has 0 aliphatic carbocycles. The molecule has 0 aromatic heterocycles. The Bertz CT molecular complexity index is 593. The third-order valence-corrected chi connectivity index (χ3v) is 5.73. The summed E-state index contributed by atoms with van der Waals surface area (Å²) in [7, 11) is -4.01. The second kappa shape index (κ2) is 5.95. The van der Waals surface area contributed by atoms with Crippen LogP contribution in [-0.4, -0.2) is 14.5 Å². The molecule has 1 aromatic rings. The van der Waals surface area contributed by atoms with Gasteiger partial charge in [-0.1, -0.05) is 25.4 Å². The minimum absolute atomic E-state index is 0.0384. The van der Waals surface area contributed by atoms with Gasteiger partial charge in [0.05, 0.1) is 15.2 Å². The van der Waals surface area contributed by atoms with Crippen molar-refractivity contribution in [3.63, 3.8) is 0 Å². The van der Waals surface area contributed by atoms with E-state index in [4.69, 9.17) is 17.3 Å². The Morgan fingerprint density at radius 1 is 1.42 bits per heavy atom. The first-order valence-corrected chi connectivity index (χ1v) is 8.18. The second-order valence-corrected chi connectivity index (χ2v) is 7.43. The van der Waals surface area contributed by atoms with Crippen molar-refractivity contribution < 1.29 is 12.8 Å². The monoisotopic (exact) mass is 372 g/mol. The van der Waals surface area contributed by atoms with E-state index >= 15 is 0 Å². The summed E-state index contributed by atoms with van der Waals surface area (Å²) in [5.41, 5.74) is 5.14. The Kier molecular flexibility index (Phi) is 5.22. The predicted octanol–water partition coefficient (Wildman–Crippen LogP) is 3.15. The summed E-state index contributed by atoms with van der Waals surface area (Å²) >= 11 is 8.80. The van der Waals surface area contributed by atoms with Crippen LogP contribution >= 0.6 is 27.5 Å². The third-order valence-electron chi connectivity index (χ3n) is 2.79. The van der Waals surface area contributed by atoms with Gasteiger partial charge in [-0.2, -0.15) is 0 Å². The highest BCUT2D eigenvalue weighted by molar-refractivity contribution is 9.10. The van der Waals surface area contributed by atoms with Crippen molar-refractivity contribution >= 4 is 43.2 Å². The molecule has 4 nitrogen and oxygen atoms in total. The maximum atomic E-state index is 14.0. The lowest BCUT2D eigenvalue weighted by Gasteiger charge is -2.18. The predicted molar refractivity (Wildman–Crippen MR) is 78.1 cm³/mol. The minimum Gasteiger partial charge on any atom is -0.395 e. The third kappa shape index (κ3) is 3.59. The fourth-order valence-electron chi connectivity index (χ4n) is 1.24. The van der Waals surface area contributed by atoms with E-state index in [0.29, 0.717) is 0 Å². The Morgan fingerprint density at radius 3 is 2.42 bits per heavy atom. The van der Waals surface area contributed by atoms with Crippen molar-refractivity contribution in [2.24, 2.45) is 5.92 Å². The average molecular weight is 374 g/mol. The summed E-state index contributed by atoms with van der Waals surface area (Å²) in [6.07, 6.45) is 0. The molecule has 0 saturated heterocycles. The first-order chi connectivity index (χ1) is 8.58. The van der Waals surface area contributed by atoms with Gasteiger partial charge in [-0.15, -0.1) is 0 Å². The van der Waals surface area contributed by atoms with Crippen molar-refractivity contribution in [1.29, 1.82) is 0 Å². The molecule has 1 unspecified atom stereocenters. The Balaban J connectivity index is 3.31. The summed E-state index contributed by atoms with van der Waals surface area (Å²) in [4.78, 5) is -0.550. The lowest BCUT2D eigenvalue weighted by atomic mass is 10.1. The van der Waals surface area contributed by atoms with E-state index in [1.807, 2.05) is 13.8 Å². The maximum absolute atomic E-state index is 14.0. The van der Waals surface area contributed by atoms with E-state index in [0.717, 1.165) is 6.07 Å². The van der Waals surface area contributed by atoms with E-state index in [1.165, 1.54) is 0 Å². The van der Waals surface area contributed by atoms with Crippen LogP contribution in [0.15, 0.2) is 15.4 Å². The molecule has 0 bridgehead atoms. The minimum atomic E-state index is -4.01. The van der Waals surface area contributed by atoms with Crippen molar-refractivity contribution in [3.8, 4) is 0 Å². The lowest BCUT2D eigenvalue weighted by Crippen LogP contribution is -2.36. The molecule has 108 valence electrons. The van der Waals surface area contributed by atoms with Gasteiger partial charge in [-0.25, -0.2) is 17.5 Å². The highest BCUT2D eigenvalue weighted by atomic mass is 79.9. The second-order valence-electron chi connectivity index (χ2n) is 4.55. The molecule has 0 radical (unpaired) electrons. The Hall–Kier alpha value is -0.370. The molecule has 1 atom stereocenters. The van der Waals surface area contributed by atoms with Gasteiger partial charge in [-0.3, -0.25) is 0 Å². The highest BCUT2D eigenvalue weighted by Gasteiger charge is 2.26. The number of benzene rings is 1. The van der Waals surface area contributed by atoms with Crippen LogP contribution in [0.4, 0.5) is 10.1 Å². The van der Waals surface area contributed by atoms with Crippen molar-refractivity contribution in [3.05, 3.63) is 21.4 Å². The fourth-order valence-corrected chi connectivity index (χ4v) is 3.31. The molecule has 0 amide bonds. The zero-order valence-corrected chi connectivity index (χ0v) is 13.8. The molecule has 19 heavy (non-hydrogen) atoms. The van der Waals surface area contributed by atoms with Crippen molar-refractivity contribution in [2.75, 3.05) is 5.73 Å². The smallest absolute Gasteiger partial charge is 0.243 e. The van der Waals surface area contributed by atoms with E-state index < -0.39 is 20.7 Å². The molecule has 0 spiro atoms. The molecule has 8 heteroatoms. The van der Waals surface area contributed by atoms with E-state index in [-0.39, 0.29) is 27.1 Å². The van der Waals surface area contributed by atoms with Crippen LogP contribution in [0.1, 0.15) is 20.8 Å². The van der Waals surface area contributed by atoms with Crippen LogP contribution in [0, 0.1) is 11.7 Å². The van der Waals surface area contributed by atoms with Gasteiger partial charge in [-0.05, 0) is 34.8 Å². The normalized spacial score (nSPS) is 13.8. The molecule has 3 N–H and O–H groups in total. The number of rotatable bonds is 4. The molecule has 0 fully saturated rings. The number of anilines is 1. The Morgan fingerprint density at radius 2 is 1.95 bits per heavy atom. The van der Waals surface area contributed by atoms with E-state index in [9.17, 15) is 12.8 Å². The summed E-state index contributed by atoms with van der Waals surface area (Å²) in [6.45, 7) is 5.41. The van der Waals surface area contributed by atoms with Crippen molar-refractivity contribution in [2.45, 2.75) is 31.7 Å². The lowest BCUT2D eigenvalue weighted by molar-refractivity contribution is 0.473. The summed E-state index contributed by atoms with van der Waals surface area (Å²) in [5, 5.41) is 0.0384. The molecular formula is C11H15BrClFN2O2S. The van der Waals surface area contributed by atoms with Gasteiger partial charge in [0.1, 0.15) is 4.90 Å². The Labute approximate surface area is 125 Å². The number of hydrogen-bond acceptors (Lipinski definition) is 3. The summed E-state index contributed by atoms with van der Waals surface area (Å²) in [5.74, 6) is -0.944. The molecule has 0 saturated carbocycles. The van der Waals surface area contributed by atoms with Gasteiger partial charge in [0.2, 0.25) is 10.0 Å². The van der Waals surface area contributed by atoms with E-state index in [1.54, 1.807) is 6.92 Å². The number of hydrogen-bond donors (Lipinski definition) is 2. The standard InChI is InChI=1S/C11H15BrClFN2O2S/c1-5(2)6(3)16-19(17,18)8-4-7(13)9(12)11(15)10(8)14/h4-6,16H,15H2,1-3H3. The molecule has 1 aromatic carbocycles. The zero-order chi connectivity index (χ0) is 15.0. The summed E-state index contributed by atoms with van der Waals surface area (Å²) < 4.78 is 40.7. The SMILES string of the molecule is CC(C)C(C)NS(=O)(=O)c1cc(Cl)c(Br)c(N)c1F. The number of nitrogens with two attached hydrogens (primary N) is 1. The van der Waals surface area contributed by atoms with Crippen LogP contribution in [0.2, 0.25) is 5.02 Å². The maximum Gasteiger partial charge on any atom is 0.243 e. The molecular weight excluding hydrogens is 359 g/mol. The molecule has 1 rings (SSSR count). The van der Waals surface area contributed by atoms with Gasteiger partial charge in [0.25, 0.3) is 0 Å². The van der Waals surface area contributed by atoms with Crippen LogP contribution in [-0.2, 0) is 10.0 Å². The van der Waals surface area contributed by atoms with E-state index in [2.05, 4.69) is 20.7 Å². The first kappa shape index (κ1) is 16.7. The largest absolute Gasteiger partial charge is 0.395 e. The summed E-state index contributed by atoms with van der Waals surface area (Å²) in [6, 6.07) is 0.695. The number of halogens is 3. The highest BCUT2D eigenvalue weighted by Crippen LogP contribution is 2.34. The average Bonchev–Trinajstić information content (AvgIpc) is 2.30. The van der Waals surface area contributed by atoms with Gasteiger partial charge < -0.3 is 5.73 Å². The van der Waals surface area contributed by atoms with Crippen LogP contribution in [0.25, 0.3) is 0 Å². The molecule has 0 aliphatic heterocycles. The van der Waals surface area contributed by atoms with Crippen LogP contribution < -0.4 is 10.5 Å². The molecule has 0 aliphatic rings. The first-order valence-electron chi connectivity index (χ1n) is 5.53. The van der Waals surface area contributed by atoms with Crippen LogP contribution in [0.5, 0.6) is 0 Å². The fraction of sp³-hybridized carbons (Fsp3) is 0.455. The van der Waals surface area contributed by atoms with Crippen LogP contribution in [0.3, 0.4) is 0 Å². The van der Waals surface area contributed by atoms with Gasteiger partial charge >= 0.3 is 0 Å². The zero-order valence-electron chi connectivity index (χ0n) is 10.7. The molecule has 0 heterocycles.